The van der Waals surface area contributed by atoms with Crippen molar-refractivity contribution in [1.29, 1.82) is 0 Å². The zero-order chi connectivity index (χ0) is 27.7. The molecule has 5 rings (SSSR count). The predicted octanol–water partition coefficient (Wildman–Crippen LogP) is 2.85. The Labute approximate surface area is 230 Å². The Balaban J connectivity index is 1.37. The topological polar surface area (TPSA) is 168 Å². The molecule has 0 saturated carbocycles. The van der Waals surface area contributed by atoms with Gasteiger partial charge in [0.15, 0.2) is 16.7 Å². The van der Waals surface area contributed by atoms with E-state index >= 15 is 0 Å². The third-order valence-electron chi connectivity index (χ3n) is 6.39. The molecule has 1 saturated heterocycles. The van der Waals surface area contributed by atoms with Gasteiger partial charge in [-0.1, -0.05) is 23.7 Å². The standard InChI is InChI=1S/C26H24ClN7O4S/c27-17-3-6-22-21(13-17)23(31-26(30-22)32-25(28)29)15-1-4-18(5-2-15)33-7-9-34(10-8-33)19-11-16(24(35)36)12-20(14-19)39(37)38/h1-6,11-14,39H,7-10H2,(H,35,36)(H4,28,29,30,31,32). The molecule has 1 aliphatic heterocycles. The van der Waals surface area contributed by atoms with Crippen LogP contribution in [-0.4, -0.2) is 61.6 Å². The van der Waals surface area contributed by atoms with Crippen molar-refractivity contribution >= 4 is 62.5 Å². The molecule has 200 valence electrons. The minimum atomic E-state index is -2.90. The van der Waals surface area contributed by atoms with E-state index in [9.17, 15) is 18.3 Å². The molecule has 1 aliphatic rings. The molecule has 3 aromatic carbocycles. The molecule has 0 radical (unpaired) electrons. The Morgan fingerprint density at radius 1 is 0.897 bits per heavy atom. The summed E-state index contributed by atoms with van der Waals surface area (Å²) in [4.78, 5) is 28.6. The molecule has 0 aliphatic carbocycles. The summed E-state index contributed by atoms with van der Waals surface area (Å²) in [7, 11) is -2.90. The first-order valence-corrected chi connectivity index (χ1v) is 13.4. The van der Waals surface area contributed by atoms with Crippen LogP contribution in [0.25, 0.3) is 22.2 Å². The van der Waals surface area contributed by atoms with Gasteiger partial charge >= 0.3 is 5.97 Å². The van der Waals surface area contributed by atoms with Gasteiger partial charge in [0.1, 0.15) is 0 Å². The maximum absolute atomic E-state index is 11.5. The first-order chi connectivity index (χ1) is 18.7. The monoisotopic (exact) mass is 565 g/mol. The second-order valence-corrected chi connectivity index (χ2v) is 10.4. The Kier molecular flexibility index (Phi) is 7.22. The van der Waals surface area contributed by atoms with Gasteiger partial charge in [-0.2, -0.15) is 4.99 Å². The first kappa shape index (κ1) is 26.2. The third-order valence-corrected chi connectivity index (χ3v) is 7.30. The Morgan fingerprint density at radius 2 is 1.56 bits per heavy atom. The lowest BCUT2D eigenvalue weighted by Crippen LogP contribution is -2.46. The number of thiol groups is 1. The number of guanidine groups is 1. The quantitative estimate of drug-likeness (QED) is 0.155. The molecule has 1 aromatic heterocycles. The number of nitrogens with zero attached hydrogens (tertiary/aromatic N) is 5. The summed E-state index contributed by atoms with van der Waals surface area (Å²) in [5, 5.41) is 10.7. The van der Waals surface area contributed by atoms with Crippen LogP contribution in [0.3, 0.4) is 0 Å². The molecule has 0 atom stereocenters. The maximum Gasteiger partial charge on any atom is 0.335 e. The lowest BCUT2D eigenvalue weighted by Gasteiger charge is -2.37. The molecule has 1 fully saturated rings. The summed E-state index contributed by atoms with van der Waals surface area (Å²) in [6, 6.07) is 17.4. The Morgan fingerprint density at radius 3 is 2.18 bits per heavy atom. The van der Waals surface area contributed by atoms with Crippen LogP contribution in [0, 0.1) is 0 Å². The number of aromatic nitrogens is 2. The van der Waals surface area contributed by atoms with Crippen LogP contribution >= 0.6 is 11.6 Å². The summed E-state index contributed by atoms with van der Waals surface area (Å²) in [6.45, 7) is 2.51. The van der Waals surface area contributed by atoms with Gasteiger partial charge in [0.05, 0.1) is 21.7 Å². The molecule has 0 unspecified atom stereocenters. The highest BCUT2D eigenvalue weighted by Crippen LogP contribution is 2.32. The molecule has 39 heavy (non-hydrogen) atoms. The second kappa shape index (κ2) is 10.8. The number of aliphatic imine (C=N–C) groups is 1. The highest BCUT2D eigenvalue weighted by Gasteiger charge is 2.20. The number of aromatic carboxylic acids is 1. The van der Waals surface area contributed by atoms with Crippen molar-refractivity contribution in [2.45, 2.75) is 4.90 Å². The van der Waals surface area contributed by atoms with Gasteiger partial charge in [0.25, 0.3) is 5.95 Å². The Hall–Kier alpha value is -4.42. The molecular weight excluding hydrogens is 542 g/mol. The van der Waals surface area contributed by atoms with E-state index in [1.165, 1.54) is 18.2 Å². The van der Waals surface area contributed by atoms with Crippen LogP contribution in [0.4, 0.5) is 17.3 Å². The van der Waals surface area contributed by atoms with Crippen molar-refractivity contribution in [2.75, 3.05) is 36.0 Å². The molecule has 2 heterocycles. The van der Waals surface area contributed by atoms with E-state index in [0.29, 0.717) is 48.1 Å². The number of carboxylic acid groups (broad SMARTS) is 1. The molecule has 13 heteroatoms. The van der Waals surface area contributed by atoms with Crippen LogP contribution in [0.5, 0.6) is 0 Å². The summed E-state index contributed by atoms with van der Waals surface area (Å²) in [6.07, 6.45) is 0. The van der Waals surface area contributed by atoms with Crippen LogP contribution in [0.1, 0.15) is 10.4 Å². The zero-order valence-corrected chi connectivity index (χ0v) is 22.1. The predicted molar refractivity (Wildman–Crippen MR) is 152 cm³/mol. The van der Waals surface area contributed by atoms with Gasteiger partial charge in [-0.05, 0) is 48.5 Å². The number of halogens is 1. The van der Waals surface area contributed by atoms with Crippen molar-refractivity contribution < 1.29 is 18.3 Å². The zero-order valence-electron chi connectivity index (χ0n) is 20.5. The molecule has 5 N–H and O–H groups in total. The average Bonchev–Trinajstić information content (AvgIpc) is 2.92. The van der Waals surface area contributed by atoms with Crippen molar-refractivity contribution in [3.05, 3.63) is 71.2 Å². The van der Waals surface area contributed by atoms with Crippen LogP contribution in [0.2, 0.25) is 5.02 Å². The lowest BCUT2D eigenvalue weighted by atomic mass is 10.1. The van der Waals surface area contributed by atoms with E-state index in [2.05, 4.69) is 19.9 Å². The second-order valence-electron chi connectivity index (χ2n) is 8.89. The number of hydrogen-bond acceptors (Lipinski definition) is 8. The van der Waals surface area contributed by atoms with Crippen molar-refractivity contribution in [3.63, 3.8) is 0 Å². The van der Waals surface area contributed by atoms with E-state index in [-0.39, 0.29) is 22.4 Å². The Bertz CT molecular complexity index is 1670. The first-order valence-electron chi connectivity index (χ1n) is 11.9. The molecular formula is C26H24ClN7O4S. The van der Waals surface area contributed by atoms with Crippen LogP contribution in [-0.2, 0) is 10.7 Å². The van der Waals surface area contributed by atoms with E-state index in [1.807, 2.05) is 29.2 Å². The summed E-state index contributed by atoms with van der Waals surface area (Å²) >= 11 is 6.24. The number of rotatable bonds is 6. The fourth-order valence-corrected chi connectivity index (χ4v) is 5.19. The molecule has 4 aromatic rings. The largest absolute Gasteiger partial charge is 0.478 e. The number of carbonyl (C=O) groups is 1. The van der Waals surface area contributed by atoms with Gasteiger partial charge in [0.2, 0.25) is 0 Å². The summed E-state index contributed by atoms with van der Waals surface area (Å²) < 4.78 is 23.0. The SMILES string of the molecule is NC(N)=Nc1nc(-c2ccc(N3CCN(c4cc(C(=O)O)cc([SH](=O)=O)c4)CC3)cc2)c2cc(Cl)ccc2n1. The fraction of sp³-hybridized carbons (Fsp3) is 0.154. The smallest absolute Gasteiger partial charge is 0.335 e. The van der Waals surface area contributed by atoms with Crippen LogP contribution in [0.15, 0.2) is 70.6 Å². The number of benzene rings is 3. The van der Waals surface area contributed by atoms with E-state index < -0.39 is 16.7 Å². The number of anilines is 2. The highest BCUT2D eigenvalue weighted by molar-refractivity contribution is 7.72. The summed E-state index contributed by atoms with van der Waals surface area (Å²) in [5.41, 5.74) is 14.7. The molecule has 0 amide bonds. The van der Waals surface area contributed by atoms with Gasteiger partial charge in [-0.15, -0.1) is 0 Å². The number of carboxylic acids is 1. The van der Waals surface area contributed by atoms with Gasteiger partial charge in [-0.3, -0.25) is 0 Å². The number of nitrogens with two attached hydrogens (primary N) is 2. The normalized spacial score (nSPS) is 13.6. The number of hydrogen-bond donors (Lipinski definition) is 4. The van der Waals surface area contributed by atoms with E-state index in [1.54, 1.807) is 18.2 Å². The highest BCUT2D eigenvalue weighted by atomic mass is 35.5. The lowest BCUT2D eigenvalue weighted by molar-refractivity contribution is 0.0696. The maximum atomic E-state index is 11.5. The van der Waals surface area contributed by atoms with Crippen LogP contribution < -0.4 is 21.3 Å². The van der Waals surface area contributed by atoms with Gasteiger partial charge in [-0.25, -0.2) is 23.2 Å². The third kappa shape index (κ3) is 5.71. The summed E-state index contributed by atoms with van der Waals surface area (Å²) in [5.74, 6) is -1.16. The van der Waals surface area contributed by atoms with Gasteiger partial charge in [0, 0.05) is 53.5 Å². The van der Waals surface area contributed by atoms with Crippen molar-refractivity contribution in [1.82, 2.24) is 9.97 Å². The van der Waals surface area contributed by atoms with Crippen molar-refractivity contribution in [3.8, 4) is 11.3 Å². The minimum Gasteiger partial charge on any atom is -0.478 e. The number of fused-ring (bicyclic) bond motifs is 1. The molecule has 11 nitrogen and oxygen atoms in total. The minimum absolute atomic E-state index is 0.0144. The van der Waals surface area contributed by atoms with E-state index in [4.69, 9.17) is 23.1 Å². The van der Waals surface area contributed by atoms with Gasteiger partial charge < -0.3 is 26.4 Å². The number of piperazine rings is 1. The molecule has 0 spiro atoms. The fourth-order valence-electron chi connectivity index (χ4n) is 4.53. The average molecular weight is 566 g/mol. The molecule has 0 bridgehead atoms. The van der Waals surface area contributed by atoms with E-state index in [0.717, 1.165) is 16.6 Å². The van der Waals surface area contributed by atoms with Crippen molar-refractivity contribution in [2.24, 2.45) is 16.5 Å².